The summed E-state index contributed by atoms with van der Waals surface area (Å²) in [4.78, 5) is 1.06. The first-order chi connectivity index (χ1) is 9.20. The molecule has 4 heteroatoms. The van der Waals surface area contributed by atoms with Crippen molar-refractivity contribution in [1.29, 1.82) is 0 Å². The molecule has 0 amide bonds. The molecule has 0 aromatic heterocycles. The summed E-state index contributed by atoms with van der Waals surface area (Å²) >= 11 is 1.62. The molecule has 3 nitrogen and oxygen atoms in total. The molecule has 0 aliphatic carbocycles. The quantitative estimate of drug-likeness (QED) is 0.650. The second kappa shape index (κ2) is 6.50. The van der Waals surface area contributed by atoms with Gasteiger partial charge in [-0.1, -0.05) is 24.3 Å². The molecule has 0 radical (unpaired) electrons. The largest absolute Gasteiger partial charge is 0.489 e. The highest BCUT2D eigenvalue weighted by molar-refractivity contribution is 7.98. The van der Waals surface area contributed by atoms with E-state index < -0.39 is 6.10 Å². The molecule has 0 heterocycles. The Morgan fingerprint density at radius 2 is 2.00 bits per heavy atom. The molecule has 1 atom stereocenters. The van der Waals surface area contributed by atoms with Crippen molar-refractivity contribution in [3.05, 3.63) is 54.1 Å². The smallest absolute Gasteiger partial charge is 0.132 e. The van der Waals surface area contributed by atoms with Gasteiger partial charge in [-0.15, -0.1) is 11.8 Å². The Bertz CT molecular complexity index is 545. The number of hydrogen-bond donors (Lipinski definition) is 2. The van der Waals surface area contributed by atoms with Crippen LogP contribution in [0.25, 0.3) is 0 Å². The second-order valence-electron chi connectivity index (χ2n) is 4.15. The van der Waals surface area contributed by atoms with Crippen LogP contribution < -0.4 is 10.5 Å². The molecule has 0 bridgehead atoms. The first-order valence-corrected chi connectivity index (χ1v) is 7.22. The summed E-state index contributed by atoms with van der Waals surface area (Å²) in [5.74, 6) is 0.790. The molecule has 2 rings (SSSR count). The molecule has 0 spiro atoms. The average molecular weight is 275 g/mol. The lowest BCUT2D eigenvalue weighted by atomic mass is 10.1. The molecule has 0 saturated carbocycles. The van der Waals surface area contributed by atoms with Gasteiger partial charge in [0.1, 0.15) is 18.5 Å². The molecular weight excluding hydrogens is 258 g/mol. The number of benzene rings is 2. The molecule has 100 valence electrons. The third-order valence-corrected chi connectivity index (χ3v) is 3.54. The lowest BCUT2D eigenvalue weighted by Gasteiger charge is -2.14. The molecule has 19 heavy (non-hydrogen) atoms. The van der Waals surface area contributed by atoms with Gasteiger partial charge in [0, 0.05) is 10.6 Å². The van der Waals surface area contributed by atoms with Crippen LogP contribution in [0.5, 0.6) is 5.75 Å². The van der Waals surface area contributed by atoms with Crippen LogP contribution in [0, 0.1) is 0 Å². The average Bonchev–Trinajstić information content (AvgIpc) is 2.45. The first kappa shape index (κ1) is 13.8. The van der Waals surface area contributed by atoms with Gasteiger partial charge in [-0.2, -0.15) is 0 Å². The Hall–Kier alpha value is -1.65. The summed E-state index contributed by atoms with van der Waals surface area (Å²) in [5.41, 5.74) is 7.10. The van der Waals surface area contributed by atoms with Crippen molar-refractivity contribution in [2.75, 3.05) is 18.6 Å². The van der Waals surface area contributed by atoms with Crippen molar-refractivity contribution in [2.24, 2.45) is 0 Å². The van der Waals surface area contributed by atoms with Crippen LogP contribution in [0.4, 0.5) is 5.69 Å². The maximum absolute atomic E-state index is 10.1. The minimum Gasteiger partial charge on any atom is -0.489 e. The van der Waals surface area contributed by atoms with E-state index >= 15 is 0 Å². The number of para-hydroxylation sites is 1. The second-order valence-corrected chi connectivity index (χ2v) is 5.00. The third-order valence-electron chi connectivity index (χ3n) is 2.76. The minimum atomic E-state index is -0.682. The van der Waals surface area contributed by atoms with Crippen molar-refractivity contribution in [1.82, 2.24) is 0 Å². The van der Waals surface area contributed by atoms with Gasteiger partial charge in [-0.25, -0.2) is 0 Å². The number of aliphatic hydroxyl groups excluding tert-OH is 1. The standard InChI is InChI=1S/C15H17NO2S/c1-19-15-8-3-2-7-14(15)18-10-13(17)11-5-4-6-12(16)9-11/h2-9,13,17H,10,16H2,1H3. The maximum Gasteiger partial charge on any atom is 0.132 e. The van der Waals surface area contributed by atoms with Crippen LogP contribution in [0.2, 0.25) is 0 Å². The van der Waals surface area contributed by atoms with E-state index in [-0.39, 0.29) is 6.61 Å². The summed E-state index contributed by atoms with van der Waals surface area (Å²) < 4.78 is 5.67. The molecule has 2 aromatic rings. The van der Waals surface area contributed by atoms with E-state index in [4.69, 9.17) is 10.5 Å². The third kappa shape index (κ3) is 3.66. The molecule has 0 fully saturated rings. The SMILES string of the molecule is CSc1ccccc1OCC(O)c1cccc(N)c1. The van der Waals surface area contributed by atoms with Crippen LogP contribution in [0.15, 0.2) is 53.4 Å². The summed E-state index contributed by atoms with van der Waals surface area (Å²) in [5, 5.41) is 10.1. The molecule has 0 aliphatic heterocycles. The van der Waals surface area contributed by atoms with E-state index in [9.17, 15) is 5.11 Å². The number of rotatable bonds is 5. The van der Waals surface area contributed by atoms with Crippen LogP contribution in [0.3, 0.4) is 0 Å². The van der Waals surface area contributed by atoms with Crippen molar-refractivity contribution >= 4 is 17.4 Å². The summed E-state index contributed by atoms with van der Waals surface area (Å²) in [6.45, 7) is 0.209. The van der Waals surface area contributed by atoms with Gasteiger partial charge < -0.3 is 15.6 Å². The molecule has 0 aliphatic rings. The van der Waals surface area contributed by atoms with E-state index in [2.05, 4.69) is 0 Å². The zero-order valence-electron chi connectivity index (χ0n) is 10.7. The zero-order valence-corrected chi connectivity index (χ0v) is 11.6. The number of nitrogen functional groups attached to an aromatic ring is 1. The van der Waals surface area contributed by atoms with Crippen LogP contribution in [-0.2, 0) is 0 Å². The monoisotopic (exact) mass is 275 g/mol. The topological polar surface area (TPSA) is 55.5 Å². The fraction of sp³-hybridized carbons (Fsp3) is 0.200. The van der Waals surface area contributed by atoms with Crippen LogP contribution >= 0.6 is 11.8 Å². The number of aliphatic hydroxyl groups is 1. The van der Waals surface area contributed by atoms with E-state index in [0.717, 1.165) is 16.2 Å². The Balaban J connectivity index is 2.02. The minimum absolute atomic E-state index is 0.209. The number of anilines is 1. The summed E-state index contributed by atoms with van der Waals surface area (Å²) in [6, 6.07) is 15.0. The summed E-state index contributed by atoms with van der Waals surface area (Å²) in [6.07, 6.45) is 1.31. The van der Waals surface area contributed by atoms with E-state index in [1.54, 1.807) is 23.9 Å². The molecular formula is C15H17NO2S. The summed E-state index contributed by atoms with van der Waals surface area (Å²) in [7, 11) is 0. The van der Waals surface area contributed by atoms with Gasteiger partial charge in [-0.3, -0.25) is 0 Å². The number of hydrogen-bond acceptors (Lipinski definition) is 4. The van der Waals surface area contributed by atoms with Crippen molar-refractivity contribution in [3.63, 3.8) is 0 Å². The van der Waals surface area contributed by atoms with Crippen molar-refractivity contribution in [3.8, 4) is 5.75 Å². The fourth-order valence-electron chi connectivity index (χ4n) is 1.77. The zero-order chi connectivity index (χ0) is 13.7. The predicted molar refractivity (Wildman–Crippen MR) is 79.5 cm³/mol. The van der Waals surface area contributed by atoms with Gasteiger partial charge in [-0.05, 0) is 36.1 Å². The van der Waals surface area contributed by atoms with Gasteiger partial charge >= 0.3 is 0 Å². The highest BCUT2D eigenvalue weighted by Gasteiger charge is 2.10. The van der Waals surface area contributed by atoms with Gasteiger partial charge in [0.05, 0.1) is 0 Å². The van der Waals surface area contributed by atoms with Crippen LogP contribution in [-0.4, -0.2) is 18.0 Å². The Labute approximate surface area is 117 Å². The molecule has 3 N–H and O–H groups in total. The highest BCUT2D eigenvalue weighted by Crippen LogP contribution is 2.28. The van der Waals surface area contributed by atoms with Gasteiger partial charge in [0.2, 0.25) is 0 Å². The van der Waals surface area contributed by atoms with Crippen LogP contribution in [0.1, 0.15) is 11.7 Å². The maximum atomic E-state index is 10.1. The van der Waals surface area contributed by atoms with Gasteiger partial charge in [0.15, 0.2) is 0 Å². The number of nitrogens with two attached hydrogens (primary N) is 1. The van der Waals surface area contributed by atoms with E-state index in [1.807, 2.05) is 42.7 Å². The molecule has 0 saturated heterocycles. The highest BCUT2D eigenvalue weighted by atomic mass is 32.2. The lowest BCUT2D eigenvalue weighted by Crippen LogP contribution is -2.10. The number of thioether (sulfide) groups is 1. The molecule has 2 aromatic carbocycles. The first-order valence-electron chi connectivity index (χ1n) is 6.00. The van der Waals surface area contributed by atoms with Crippen molar-refractivity contribution < 1.29 is 9.84 Å². The Morgan fingerprint density at radius 3 is 2.74 bits per heavy atom. The Kier molecular flexibility index (Phi) is 4.71. The lowest BCUT2D eigenvalue weighted by molar-refractivity contribution is 0.106. The van der Waals surface area contributed by atoms with Gasteiger partial charge in [0.25, 0.3) is 0 Å². The van der Waals surface area contributed by atoms with Crippen molar-refractivity contribution in [2.45, 2.75) is 11.0 Å². The predicted octanol–water partition coefficient (Wildman–Crippen LogP) is 3.10. The molecule has 1 unspecified atom stereocenters. The Morgan fingerprint density at radius 1 is 1.21 bits per heavy atom. The normalized spacial score (nSPS) is 12.1. The van der Waals surface area contributed by atoms with E-state index in [0.29, 0.717) is 5.69 Å². The van der Waals surface area contributed by atoms with E-state index in [1.165, 1.54) is 0 Å². The number of ether oxygens (including phenoxy) is 1. The fourth-order valence-corrected chi connectivity index (χ4v) is 2.31.